The molecule has 1 aromatic heterocycles. The zero-order chi connectivity index (χ0) is 26.0. The molecular formula is C29H25ClN2O4S. The molecule has 188 valence electrons. The molecule has 0 unspecified atom stereocenters. The molecule has 5 rings (SSSR count). The average molecular weight is 533 g/mol. The van der Waals surface area contributed by atoms with E-state index in [9.17, 15) is 18.3 Å². The molecule has 0 amide bonds. The van der Waals surface area contributed by atoms with Crippen LogP contribution in [0.2, 0.25) is 5.02 Å². The number of aliphatic carboxylic acids is 1. The van der Waals surface area contributed by atoms with Crippen LogP contribution in [0.5, 0.6) is 0 Å². The van der Waals surface area contributed by atoms with E-state index in [-0.39, 0.29) is 17.9 Å². The van der Waals surface area contributed by atoms with Crippen molar-refractivity contribution in [2.24, 2.45) is 0 Å². The first-order chi connectivity index (χ1) is 17.8. The Morgan fingerprint density at radius 3 is 2.11 bits per heavy atom. The van der Waals surface area contributed by atoms with Crippen molar-refractivity contribution in [2.75, 3.05) is 6.54 Å². The third-order valence-electron chi connectivity index (χ3n) is 6.92. The minimum absolute atomic E-state index is 0.0287. The second kappa shape index (κ2) is 10.1. The quantitative estimate of drug-likeness (QED) is 0.301. The van der Waals surface area contributed by atoms with Gasteiger partial charge in [0.2, 0.25) is 10.0 Å². The lowest BCUT2D eigenvalue weighted by atomic mass is 10.1. The number of halogens is 1. The normalized spacial score (nSPS) is 19.0. The molecule has 1 fully saturated rings. The van der Waals surface area contributed by atoms with Gasteiger partial charge in [0.15, 0.2) is 0 Å². The molecule has 1 saturated carbocycles. The minimum Gasteiger partial charge on any atom is -0.480 e. The number of hydrogen-bond acceptors (Lipinski definition) is 4. The average Bonchev–Trinajstić information content (AvgIpc) is 3.67. The molecule has 0 radical (unpaired) electrons. The first-order valence-electron chi connectivity index (χ1n) is 11.9. The van der Waals surface area contributed by atoms with Crippen LogP contribution in [0, 0.1) is 0 Å². The van der Waals surface area contributed by atoms with Crippen LogP contribution >= 0.6 is 11.6 Å². The zero-order valence-corrected chi connectivity index (χ0v) is 21.4. The van der Waals surface area contributed by atoms with E-state index in [1.807, 2.05) is 42.5 Å². The van der Waals surface area contributed by atoms with Crippen molar-refractivity contribution in [3.63, 3.8) is 0 Å². The van der Waals surface area contributed by atoms with Gasteiger partial charge in [0, 0.05) is 29.9 Å². The second-order valence-electron chi connectivity index (χ2n) is 9.11. The molecule has 37 heavy (non-hydrogen) atoms. The molecule has 1 aliphatic rings. The number of carbonyl (C=O) groups is 1. The Balaban J connectivity index is 1.52. The van der Waals surface area contributed by atoms with Crippen molar-refractivity contribution in [3.8, 4) is 11.1 Å². The van der Waals surface area contributed by atoms with Gasteiger partial charge >= 0.3 is 5.97 Å². The molecule has 8 heteroatoms. The Labute approximate surface area is 221 Å². The Bertz CT molecular complexity index is 1500. The summed E-state index contributed by atoms with van der Waals surface area (Å²) in [4.78, 5) is 16.8. The summed E-state index contributed by atoms with van der Waals surface area (Å²) in [6, 6.07) is 26.6. The summed E-state index contributed by atoms with van der Waals surface area (Å²) in [5, 5.41) is 11.0. The summed E-state index contributed by atoms with van der Waals surface area (Å²) in [5.74, 6) is -1.58. The molecule has 1 N–H and O–H groups in total. The molecule has 0 spiro atoms. The van der Waals surface area contributed by atoms with E-state index in [2.05, 4.69) is 4.98 Å². The first-order valence-corrected chi connectivity index (χ1v) is 13.7. The smallest absolute Gasteiger partial charge is 0.325 e. The Kier molecular flexibility index (Phi) is 6.86. The molecule has 0 bridgehead atoms. The largest absolute Gasteiger partial charge is 0.480 e. The van der Waals surface area contributed by atoms with Crippen LogP contribution in [0.4, 0.5) is 0 Å². The molecule has 1 heterocycles. The SMILES string of the molecule is O=C(O)[C@@]1(N(CCc2ccncc2)S(=O)(=O)c2ccc(-c3ccc(Cl)cc3)cc2)C[C@H]1c1ccccc1. The van der Waals surface area contributed by atoms with Crippen LogP contribution in [0.1, 0.15) is 23.5 Å². The molecule has 4 aromatic rings. The van der Waals surface area contributed by atoms with Crippen molar-refractivity contribution in [1.82, 2.24) is 9.29 Å². The highest BCUT2D eigenvalue weighted by Crippen LogP contribution is 2.57. The van der Waals surface area contributed by atoms with Crippen LogP contribution < -0.4 is 0 Å². The van der Waals surface area contributed by atoms with Gasteiger partial charge in [-0.3, -0.25) is 9.78 Å². The van der Waals surface area contributed by atoms with Gasteiger partial charge in [-0.25, -0.2) is 8.42 Å². The first kappa shape index (κ1) is 25.1. The van der Waals surface area contributed by atoms with Gasteiger partial charge in [0.05, 0.1) is 4.90 Å². The summed E-state index contributed by atoms with van der Waals surface area (Å²) in [6.07, 6.45) is 3.85. The maximum absolute atomic E-state index is 14.0. The monoisotopic (exact) mass is 532 g/mol. The standard InChI is InChI=1S/C29H25ClN2O4S/c30-25-10-6-22(7-11-25)23-8-12-26(13-9-23)37(35,36)32(19-16-21-14-17-31-18-15-21)29(28(33)34)20-27(29)24-4-2-1-3-5-24/h1-15,17-18,27H,16,19-20H2,(H,33,34)/t27-,29+/m0/s1. The highest BCUT2D eigenvalue weighted by Gasteiger charge is 2.67. The predicted molar refractivity (Wildman–Crippen MR) is 143 cm³/mol. The number of carboxylic acids is 1. The van der Waals surface area contributed by atoms with Gasteiger partial charge in [-0.15, -0.1) is 0 Å². The fourth-order valence-electron chi connectivity index (χ4n) is 4.85. The lowest BCUT2D eigenvalue weighted by Gasteiger charge is -2.29. The number of aromatic nitrogens is 1. The number of hydrogen-bond donors (Lipinski definition) is 1. The maximum atomic E-state index is 14.0. The van der Waals surface area contributed by atoms with Crippen molar-refractivity contribution in [3.05, 3.63) is 120 Å². The van der Waals surface area contributed by atoms with Gasteiger partial charge in [0.25, 0.3) is 0 Å². The van der Waals surface area contributed by atoms with Gasteiger partial charge < -0.3 is 5.11 Å². The van der Waals surface area contributed by atoms with Crippen molar-refractivity contribution in [2.45, 2.75) is 29.2 Å². The highest BCUT2D eigenvalue weighted by molar-refractivity contribution is 7.89. The molecule has 2 atom stereocenters. The predicted octanol–water partition coefficient (Wildman–Crippen LogP) is 5.65. The van der Waals surface area contributed by atoms with Crippen LogP contribution in [0.3, 0.4) is 0 Å². The lowest BCUT2D eigenvalue weighted by Crippen LogP contribution is -2.49. The van der Waals surface area contributed by atoms with E-state index in [0.29, 0.717) is 11.4 Å². The number of carboxylic acid groups (broad SMARTS) is 1. The van der Waals surface area contributed by atoms with Gasteiger partial charge in [0.1, 0.15) is 5.54 Å². The van der Waals surface area contributed by atoms with E-state index >= 15 is 0 Å². The maximum Gasteiger partial charge on any atom is 0.325 e. The number of rotatable bonds is 9. The van der Waals surface area contributed by atoms with Gasteiger partial charge in [-0.1, -0.05) is 66.2 Å². The van der Waals surface area contributed by atoms with E-state index in [0.717, 1.165) is 22.3 Å². The Hall–Kier alpha value is -3.52. The molecule has 0 aliphatic heterocycles. The molecule has 1 aliphatic carbocycles. The molecule has 6 nitrogen and oxygen atoms in total. The molecule has 0 saturated heterocycles. The van der Waals surface area contributed by atoms with E-state index in [1.54, 1.807) is 48.8 Å². The van der Waals surface area contributed by atoms with E-state index < -0.39 is 27.4 Å². The second-order valence-corrected chi connectivity index (χ2v) is 11.4. The number of benzene rings is 3. The van der Waals surface area contributed by atoms with Crippen molar-refractivity contribution >= 4 is 27.6 Å². The summed E-state index contributed by atoms with van der Waals surface area (Å²) < 4.78 is 29.3. The fraction of sp³-hybridized carbons (Fsp3) is 0.172. The highest BCUT2D eigenvalue weighted by atomic mass is 35.5. The fourth-order valence-corrected chi connectivity index (χ4v) is 6.75. The number of nitrogens with zero attached hydrogens (tertiary/aromatic N) is 2. The van der Waals surface area contributed by atoms with Crippen LogP contribution in [0.15, 0.2) is 108 Å². The summed E-state index contributed by atoms with van der Waals surface area (Å²) in [7, 11) is -4.14. The van der Waals surface area contributed by atoms with Crippen LogP contribution in [0.25, 0.3) is 11.1 Å². The topological polar surface area (TPSA) is 87.6 Å². The van der Waals surface area contributed by atoms with E-state index in [4.69, 9.17) is 11.6 Å². The summed E-state index contributed by atoms with van der Waals surface area (Å²) in [6.45, 7) is 0.0287. The summed E-state index contributed by atoms with van der Waals surface area (Å²) >= 11 is 5.99. The van der Waals surface area contributed by atoms with Gasteiger partial charge in [-0.05, 0) is 71.5 Å². The Morgan fingerprint density at radius 2 is 1.51 bits per heavy atom. The van der Waals surface area contributed by atoms with Crippen LogP contribution in [-0.2, 0) is 21.2 Å². The summed E-state index contributed by atoms with van der Waals surface area (Å²) in [5.41, 5.74) is 1.87. The lowest BCUT2D eigenvalue weighted by molar-refractivity contribution is -0.143. The van der Waals surface area contributed by atoms with Crippen molar-refractivity contribution < 1.29 is 18.3 Å². The third kappa shape index (κ3) is 4.90. The number of pyridine rings is 1. The third-order valence-corrected chi connectivity index (χ3v) is 9.13. The molecule has 3 aromatic carbocycles. The van der Waals surface area contributed by atoms with Crippen LogP contribution in [-0.4, -0.2) is 40.9 Å². The Morgan fingerprint density at radius 1 is 0.919 bits per heavy atom. The zero-order valence-electron chi connectivity index (χ0n) is 19.9. The van der Waals surface area contributed by atoms with E-state index in [1.165, 1.54) is 16.4 Å². The van der Waals surface area contributed by atoms with Crippen molar-refractivity contribution in [1.29, 1.82) is 0 Å². The number of sulfonamides is 1. The minimum atomic E-state index is -4.14. The molecular weight excluding hydrogens is 508 g/mol. The van der Waals surface area contributed by atoms with Gasteiger partial charge in [-0.2, -0.15) is 4.31 Å².